The lowest BCUT2D eigenvalue weighted by Gasteiger charge is -2.36. The summed E-state index contributed by atoms with van der Waals surface area (Å²) in [6.07, 6.45) is -0.633. The fourth-order valence-electron chi connectivity index (χ4n) is 2.27. The molecule has 0 spiro atoms. The molecule has 1 N–H and O–H groups in total. The van der Waals surface area contributed by atoms with Gasteiger partial charge in [0, 0.05) is 25.2 Å². The number of rotatable bonds is 3. The molecule has 1 amide bonds. The minimum absolute atomic E-state index is 0.0360. The number of hydrogen-bond acceptors (Lipinski definition) is 5. The number of carbonyl (C=O) groups is 1. The van der Waals surface area contributed by atoms with Crippen LogP contribution in [0.1, 0.15) is 17.3 Å². The zero-order valence-electron chi connectivity index (χ0n) is 11.4. The first-order chi connectivity index (χ1) is 9.92. The molecule has 1 aliphatic heterocycles. The highest BCUT2D eigenvalue weighted by atomic mass is 35.5. The van der Waals surface area contributed by atoms with Gasteiger partial charge in [-0.25, -0.2) is 0 Å². The molecule has 2 rings (SSSR count). The molecule has 0 aromatic heterocycles. The van der Waals surface area contributed by atoms with Crippen LogP contribution in [0.25, 0.3) is 0 Å². The fourth-order valence-corrected chi connectivity index (χ4v) is 2.53. The van der Waals surface area contributed by atoms with Crippen LogP contribution in [0, 0.1) is 10.1 Å². The molecule has 0 bridgehead atoms. The van der Waals surface area contributed by atoms with Crippen LogP contribution in [-0.2, 0) is 4.74 Å². The lowest BCUT2D eigenvalue weighted by Crippen LogP contribution is -2.50. The van der Waals surface area contributed by atoms with Crippen molar-refractivity contribution in [3.8, 4) is 0 Å². The van der Waals surface area contributed by atoms with E-state index in [1.54, 1.807) is 6.92 Å². The van der Waals surface area contributed by atoms with E-state index in [9.17, 15) is 14.9 Å². The van der Waals surface area contributed by atoms with Crippen molar-refractivity contribution in [1.82, 2.24) is 4.90 Å². The predicted molar refractivity (Wildman–Crippen MR) is 75.4 cm³/mol. The number of non-ortho nitro benzene ring substituents is 1. The molecule has 0 radical (unpaired) electrons. The van der Waals surface area contributed by atoms with Crippen LogP contribution >= 0.6 is 11.6 Å². The zero-order chi connectivity index (χ0) is 15.6. The molecular weight excluding hydrogens is 300 g/mol. The lowest BCUT2D eigenvalue weighted by molar-refractivity contribution is -0.384. The summed E-state index contributed by atoms with van der Waals surface area (Å²) >= 11 is 5.96. The van der Waals surface area contributed by atoms with Crippen molar-refractivity contribution < 1.29 is 19.6 Å². The van der Waals surface area contributed by atoms with Crippen molar-refractivity contribution in [3.05, 3.63) is 38.9 Å². The molecule has 21 heavy (non-hydrogen) atoms. The number of aliphatic hydroxyl groups excluding tert-OH is 1. The number of nitro groups is 1. The average molecular weight is 315 g/mol. The van der Waals surface area contributed by atoms with Crippen LogP contribution in [0.15, 0.2) is 18.2 Å². The molecule has 1 aromatic rings. The third-order valence-corrected chi connectivity index (χ3v) is 3.52. The van der Waals surface area contributed by atoms with E-state index in [4.69, 9.17) is 21.4 Å². The Bertz CT molecular complexity index is 565. The normalized spacial score (nSPS) is 22.1. The number of aliphatic hydroxyl groups is 1. The first-order valence-corrected chi connectivity index (χ1v) is 6.79. The summed E-state index contributed by atoms with van der Waals surface area (Å²) in [6.45, 7) is 2.26. The Hall–Kier alpha value is -1.70. The summed E-state index contributed by atoms with van der Waals surface area (Å²) in [5, 5.41) is 19.9. The predicted octanol–water partition coefficient (Wildman–Crippen LogP) is 1.47. The number of nitro benzene ring substituents is 1. The van der Waals surface area contributed by atoms with Gasteiger partial charge in [-0.15, -0.1) is 0 Å². The summed E-state index contributed by atoms with van der Waals surface area (Å²) < 4.78 is 5.47. The topological polar surface area (TPSA) is 92.9 Å². The Labute approximate surface area is 126 Å². The number of carbonyl (C=O) groups excluding carboxylic acids is 1. The SMILES string of the molecule is CC1CN(C(=O)c2ccc([N+](=O)[O-])cc2Cl)CC(CO)O1. The van der Waals surface area contributed by atoms with Gasteiger partial charge in [-0.3, -0.25) is 14.9 Å². The first kappa shape index (κ1) is 15.7. The first-order valence-electron chi connectivity index (χ1n) is 6.42. The number of halogens is 1. The molecule has 1 fully saturated rings. The van der Waals surface area contributed by atoms with Gasteiger partial charge in [0.15, 0.2) is 0 Å². The van der Waals surface area contributed by atoms with Crippen molar-refractivity contribution in [1.29, 1.82) is 0 Å². The van der Waals surface area contributed by atoms with Crippen LogP contribution in [0.5, 0.6) is 0 Å². The molecule has 7 nitrogen and oxygen atoms in total. The lowest BCUT2D eigenvalue weighted by atomic mass is 10.1. The van der Waals surface area contributed by atoms with Gasteiger partial charge >= 0.3 is 0 Å². The molecular formula is C13H15ClN2O5. The van der Waals surface area contributed by atoms with E-state index in [0.29, 0.717) is 6.54 Å². The third-order valence-electron chi connectivity index (χ3n) is 3.21. The smallest absolute Gasteiger partial charge is 0.270 e. The van der Waals surface area contributed by atoms with E-state index in [-0.39, 0.29) is 41.4 Å². The van der Waals surface area contributed by atoms with Crippen molar-refractivity contribution in [2.75, 3.05) is 19.7 Å². The Balaban J connectivity index is 2.21. The van der Waals surface area contributed by atoms with Gasteiger partial charge in [0.05, 0.1) is 34.3 Å². The number of benzene rings is 1. The van der Waals surface area contributed by atoms with Crippen LogP contribution in [0.2, 0.25) is 5.02 Å². The van der Waals surface area contributed by atoms with E-state index in [0.717, 1.165) is 6.07 Å². The number of nitrogens with zero attached hydrogens (tertiary/aromatic N) is 2. The molecule has 1 aliphatic rings. The summed E-state index contributed by atoms with van der Waals surface area (Å²) in [5.74, 6) is -0.330. The highest BCUT2D eigenvalue weighted by molar-refractivity contribution is 6.34. The van der Waals surface area contributed by atoms with Crippen LogP contribution < -0.4 is 0 Å². The number of morpholine rings is 1. The molecule has 8 heteroatoms. The van der Waals surface area contributed by atoms with Crippen LogP contribution in [-0.4, -0.2) is 52.7 Å². The minimum Gasteiger partial charge on any atom is -0.394 e. The van der Waals surface area contributed by atoms with Crippen molar-refractivity contribution >= 4 is 23.2 Å². The number of hydrogen-bond donors (Lipinski definition) is 1. The van der Waals surface area contributed by atoms with Gasteiger partial charge in [0.2, 0.25) is 0 Å². The average Bonchev–Trinajstić information content (AvgIpc) is 2.45. The minimum atomic E-state index is -0.571. The van der Waals surface area contributed by atoms with Crippen molar-refractivity contribution in [2.24, 2.45) is 0 Å². The summed E-state index contributed by atoms with van der Waals surface area (Å²) in [5.41, 5.74) is 0.0354. The second-order valence-electron chi connectivity index (χ2n) is 4.88. The maximum absolute atomic E-state index is 12.4. The third kappa shape index (κ3) is 3.49. The van der Waals surface area contributed by atoms with Gasteiger partial charge in [-0.2, -0.15) is 0 Å². The Morgan fingerprint density at radius 2 is 2.29 bits per heavy atom. The standard InChI is InChI=1S/C13H15ClN2O5/c1-8-5-15(6-10(7-17)21-8)13(18)11-3-2-9(16(19)20)4-12(11)14/h2-4,8,10,17H,5-7H2,1H3. The molecule has 114 valence electrons. The summed E-state index contributed by atoms with van der Waals surface area (Å²) in [7, 11) is 0. The van der Waals surface area contributed by atoms with E-state index in [2.05, 4.69) is 0 Å². The molecule has 0 aliphatic carbocycles. The molecule has 2 unspecified atom stereocenters. The second kappa shape index (κ2) is 6.38. The molecule has 1 saturated heterocycles. The maximum atomic E-state index is 12.4. The van der Waals surface area contributed by atoms with Crippen molar-refractivity contribution in [2.45, 2.75) is 19.1 Å². The van der Waals surface area contributed by atoms with E-state index in [1.807, 2.05) is 0 Å². The highest BCUT2D eigenvalue weighted by Crippen LogP contribution is 2.25. The molecule has 2 atom stereocenters. The number of ether oxygens (including phenoxy) is 1. The number of amides is 1. The maximum Gasteiger partial charge on any atom is 0.270 e. The Morgan fingerprint density at radius 1 is 1.57 bits per heavy atom. The van der Waals surface area contributed by atoms with Gasteiger partial charge in [0.25, 0.3) is 11.6 Å². The molecule has 0 saturated carbocycles. The van der Waals surface area contributed by atoms with Gasteiger partial charge in [-0.05, 0) is 13.0 Å². The summed E-state index contributed by atoms with van der Waals surface area (Å²) in [4.78, 5) is 24.1. The van der Waals surface area contributed by atoms with E-state index >= 15 is 0 Å². The quantitative estimate of drug-likeness (QED) is 0.673. The summed E-state index contributed by atoms with van der Waals surface area (Å²) in [6, 6.07) is 3.74. The Kier molecular flexibility index (Phi) is 4.76. The molecule has 1 aromatic carbocycles. The zero-order valence-corrected chi connectivity index (χ0v) is 12.1. The van der Waals surface area contributed by atoms with Gasteiger partial charge in [-0.1, -0.05) is 11.6 Å². The fraction of sp³-hybridized carbons (Fsp3) is 0.462. The molecule has 1 heterocycles. The monoisotopic (exact) mass is 314 g/mol. The van der Waals surface area contributed by atoms with Crippen molar-refractivity contribution in [3.63, 3.8) is 0 Å². The van der Waals surface area contributed by atoms with Gasteiger partial charge < -0.3 is 14.7 Å². The van der Waals surface area contributed by atoms with E-state index in [1.165, 1.54) is 17.0 Å². The Morgan fingerprint density at radius 3 is 2.86 bits per heavy atom. The van der Waals surface area contributed by atoms with Crippen LogP contribution in [0.3, 0.4) is 0 Å². The van der Waals surface area contributed by atoms with Crippen LogP contribution in [0.4, 0.5) is 5.69 Å². The van der Waals surface area contributed by atoms with Gasteiger partial charge in [0.1, 0.15) is 0 Å². The highest BCUT2D eigenvalue weighted by Gasteiger charge is 2.29. The van der Waals surface area contributed by atoms with E-state index < -0.39 is 11.0 Å². The largest absolute Gasteiger partial charge is 0.394 e. The second-order valence-corrected chi connectivity index (χ2v) is 5.29.